The Balaban J connectivity index is 1.62. The minimum Gasteiger partial charge on any atom is -0.406 e. The summed E-state index contributed by atoms with van der Waals surface area (Å²) < 4.78 is 40.8. The van der Waals surface area contributed by atoms with Gasteiger partial charge in [-0.15, -0.1) is 13.2 Å². The van der Waals surface area contributed by atoms with E-state index in [1.54, 1.807) is 12.1 Å². The van der Waals surface area contributed by atoms with Crippen LogP contribution in [0.15, 0.2) is 48.5 Å². The van der Waals surface area contributed by atoms with Crippen molar-refractivity contribution in [3.8, 4) is 5.75 Å². The molecule has 3 rings (SSSR count). The van der Waals surface area contributed by atoms with Crippen LogP contribution in [0.3, 0.4) is 0 Å². The van der Waals surface area contributed by atoms with E-state index in [0.29, 0.717) is 5.92 Å². The van der Waals surface area contributed by atoms with Crippen LogP contribution in [0.4, 0.5) is 13.2 Å². The van der Waals surface area contributed by atoms with Crippen LogP contribution in [-0.2, 0) is 0 Å². The highest BCUT2D eigenvalue weighted by Crippen LogP contribution is 2.37. The van der Waals surface area contributed by atoms with Gasteiger partial charge in [0, 0.05) is 0 Å². The van der Waals surface area contributed by atoms with Gasteiger partial charge in [-0.1, -0.05) is 62.2 Å². The van der Waals surface area contributed by atoms with Crippen molar-refractivity contribution in [3.63, 3.8) is 0 Å². The van der Waals surface area contributed by atoms with Gasteiger partial charge in [-0.05, 0) is 78.8 Å². The van der Waals surface area contributed by atoms with E-state index in [0.717, 1.165) is 22.6 Å². The van der Waals surface area contributed by atoms with Crippen LogP contribution in [0.5, 0.6) is 5.75 Å². The van der Waals surface area contributed by atoms with E-state index in [1.807, 2.05) is 6.92 Å². The van der Waals surface area contributed by atoms with Crippen LogP contribution in [0.1, 0.15) is 75.0 Å². The third-order valence-corrected chi connectivity index (χ3v) is 5.88. The number of allylic oxidation sites excluding steroid dienone is 1. The molecule has 1 aliphatic rings. The van der Waals surface area contributed by atoms with Gasteiger partial charge in [0.05, 0.1) is 0 Å². The molecule has 0 amide bonds. The highest BCUT2D eigenvalue weighted by atomic mass is 19.4. The Morgan fingerprint density at radius 2 is 1.59 bits per heavy atom. The molecule has 0 aliphatic heterocycles. The maximum Gasteiger partial charge on any atom is 0.573 e. The summed E-state index contributed by atoms with van der Waals surface area (Å²) in [6, 6.07) is 14.7. The van der Waals surface area contributed by atoms with Crippen molar-refractivity contribution in [1.29, 1.82) is 0 Å². The summed E-state index contributed by atoms with van der Waals surface area (Å²) in [6.07, 6.45) is 5.29. The number of hydrogen-bond acceptors (Lipinski definition) is 1. The molecule has 0 aromatic heterocycles. The Morgan fingerprint density at radius 3 is 2.14 bits per heavy atom. The fourth-order valence-electron chi connectivity index (χ4n) is 4.31. The van der Waals surface area contributed by atoms with E-state index in [-0.39, 0.29) is 5.75 Å². The molecule has 1 aliphatic carbocycles. The van der Waals surface area contributed by atoms with Crippen molar-refractivity contribution >= 4 is 11.6 Å². The molecule has 1 nitrogen and oxygen atoms in total. The van der Waals surface area contributed by atoms with E-state index in [4.69, 9.17) is 0 Å². The highest BCUT2D eigenvalue weighted by Gasteiger charge is 2.31. The highest BCUT2D eigenvalue weighted by molar-refractivity contribution is 5.80. The first-order valence-electron chi connectivity index (χ1n) is 10.5. The standard InChI is InChI=1S/C25H29F3O/c1-3-4-19-5-9-22(10-6-19)23-11-7-20(8-12-23)17-18(2)21-13-15-24(16-14-21)29-25(26,27)28/h7-8,11-17,19,22H,3-6,9-10H2,1-2H3. The van der Waals surface area contributed by atoms with Crippen LogP contribution in [0.25, 0.3) is 11.6 Å². The topological polar surface area (TPSA) is 9.23 Å². The van der Waals surface area contributed by atoms with Crippen LogP contribution in [-0.4, -0.2) is 6.36 Å². The van der Waals surface area contributed by atoms with Crippen molar-refractivity contribution in [1.82, 2.24) is 0 Å². The second kappa shape index (κ2) is 9.51. The third-order valence-electron chi connectivity index (χ3n) is 5.88. The Hall–Kier alpha value is -2.23. The van der Waals surface area contributed by atoms with Gasteiger partial charge in [-0.2, -0.15) is 0 Å². The van der Waals surface area contributed by atoms with Crippen molar-refractivity contribution in [2.24, 2.45) is 5.92 Å². The Morgan fingerprint density at radius 1 is 0.966 bits per heavy atom. The fourth-order valence-corrected chi connectivity index (χ4v) is 4.31. The summed E-state index contributed by atoms with van der Waals surface area (Å²) >= 11 is 0. The van der Waals surface area contributed by atoms with Crippen molar-refractivity contribution in [2.75, 3.05) is 0 Å². The Labute approximate surface area is 171 Å². The van der Waals surface area contributed by atoms with Crippen molar-refractivity contribution < 1.29 is 17.9 Å². The van der Waals surface area contributed by atoms with Crippen LogP contribution >= 0.6 is 0 Å². The molecule has 1 saturated carbocycles. The lowest BCUT2D eigenvalue weighted by Crippen LogP contribution is -2.16. The van der Waals surface area contributed by atoms with E-state index in [2.05, 4.69) is 42.0 Å². The summed E-state index contributed by atoms with van der Waals surface area (Å²) in [5.41, 5.74) is 4.39. The smallest absolute Gasteiger partial charge is 0.406 e. The largest absolute Gasteiger partial charge is 0.573 e. The zero-order valence-electron chi connectivity index (χ0n) is 17.1. The van der Waals surface area contributed by atoms with Gasteiger partial charge in [0.2, 0.25) is 0 Å². The van der Waals surface area contributed by atoms with Crippen molar-refractivity contribution in [2.45, 2.75) is 64.7 Å². The molecule has 29 heavy (non-hydrogen) atoms. The maximum absolute atomic E-state index is 12.3. The number of hydrogen-bond donors (Lipinski definition) is 0. The normalized spacial score (nSPS) is 20.5. The molecule has 0 saturated heterocycles. The average Bonchev–Trinajstić information content (AvgIpc) is 2.69. The summed E-state index contributed by atoms with van der Waals surface area (Å²) in [6.45, 7) is 4.23. The molecular weight excluding hydrogens is 373 g/mol. The van der Waals surface area contributed by atoms with Crippen LogP contribution in [0.2, 0.25) is 0 Å². The lowest BCUT2D eigenvalue weighted by Gasteiger charge is -2.28. The van der Waals surface area contributed by atoms with Gasteiger partial charge >= 0.3 is 6.36 Å². The molecule has 4 heteroatoms. The van der Waals surface area contributed by atoms with Crippen LogP contribution < -0.4 is 4.74 Å². The van der Waals surface area contributed by atoms with Gasteiger partial charge in [0.15, 0.2) is 0 Å². The van der Waals surface area contributed by atoms with Gasteiger partial charge in [-0.25, -0.2) is 0 Å². The molecule has 0 radical (unpaired) electrons. The number of halogens is 3. The molecule has 2 aromatic rings. The minimum absolute atomic E-state index is 0.202. The summed E-state index contributed by atoms with van der Waals surface area (Å²) in [4.78, 5) is 0. The lowest BCUT2D eigenvalue weighted by atomic mass is 9.77. The number of benzene rings is 2. The first kappa shape index (κ1) is 21.5. The SMILES string of the molecule is CCCC1CCC(c2ccc(C=C(C)c3ccc(OC(F)(F)F)cc3)cc2)CC1. The molecule has 1 fully saturated rings. The molecule has 156 valence electrons. The molecule has 0 heterocycles. The van der Waals surface area contributed by atoms with Gasteiger partial charge in [0.1, 0.15) is 5.75 Å². The van der Waals surface area contributed by atoms with Crippen LogP contribution in [0, 0.1) is 5.92 Å². The molecule has 0 bridgehead atoms. The minimum atomic E-state index is -4.66. The van der Waals surface area contributed by atoms with Gasteiger partial charge in [-0.3, -0.25) is 0 Å². The predicted octanol–water partition coefficient (Wildman–Crippen LogP) is 8.22. The zero-order valence-corrected chi connectivity index (χ0v) is 17.1. The number of ether oxygens (including phenoxy) is 1. The van der Waals surface area contributed by atoms with E-state index < -0.39 is 6.36 Å². The Kier molecular flexibility index (Phi) is 7.05. The second-order valence-corrected chi connectivity index (χ2v) is 8.07. The molecule has 0 spiro atoms. The molecular formula is C25H29F3O. The first-order chi connectivity index (χ1) is 13.8. The van der Waals surface area contributed by atoms with Crippen molar-refractivity contribution in [3.05, 3.63) is 65.2 Å². The second-order valence-electron chi connectivity index (χ2n) is 8.07. The van der Waals surface area contributed by atoms with E-state index >= 15 is 0 Å². The summed E-state index contributed by atoms with van der Waals surface area (Å²) in [5, 5.41) is 0. The Bertz CT molecular complexity index is 795. The number of rotatable bonds is 6. The van der Waals surface area contributed by atoms with E-state index in [1.165, 1.54) is 56.2 Å². The number of alkyl halides is 3. The van der Waals surface area contributed by atoms with Gasteiger partial charge < -0.3 is 4.74 Å². The monoisotopic (exact) mass is 402 g/mol. The average molecular weight is 403 g/mol. The quantitative estimate of drug-likeness (QED) is 0.442. The molecule has 0 unspecified atom stereocenters. The zero-order chi connectivity index (χ0) is 20.9. The first-order valence-corrected chi connectivity index (χ1v) is 10.5. The van der Waals surface area contributed by atoms with E-state index in [9.17, 15) is 13.2 Å². The van der Waals surface area contributed by atoms with Gasteiger partial charge in [0.25, 0.3) is 0 Å². The fraction of sp³-hybridized carbons (Fsp3) is 0.440. The molecule has 0 N–H and O–H groups in total. The third kappa shape index (κ3) is 6.38. The summed E-state index contributed by atoms with van der Waals surface area (Å²) in [7, 11) is 0. The molecule has 0 atom stereocenters. The predicted molar refractivity (Wildman–Crippen MR) is 113 cm³/mol. The molecule has 2 aromatic carbocycles. The maximum atomic E-state index is 12.3. The summed E-state index contributed by atoms with van der Waals surface area (Å²) in [5.74, 6) is 1.38. The lowest BCUT2D eigenvalue weighted by molar-refractivity contribution is -0.274.